The lowest BCUT2D eigenvalue weighted by molar-refractivity contribution is 0.0682. The summed E-state index contributed by atoms with van der Waals surface area (Å²) >= 11 is 0. The normalized spacial score (nSPS) is 22.4. The first kappa shape index (κ1) is 19.7. The van der Waals surface area contributed by atoms with E-state index in [1.54, 1.807) is 12.1 Å². The average Bonchev–Trinajstić information content (AvgIpc) is 3.34. The van der Waals surface area contributed by atoms with Crippen molar-refractivity contribution in [2.24, 2.45) is 0 Å². The molecule has 0 spiro atoms. The number of fused-ring (bicyclic) bond motifs is 1. The number of carbonyl (C=O) groups excluding carboxylic acids is 1. The number of amides is 1. The quantitative estimate of drug-likeness (QED) is 0.679. The molecule has 0 saturated carbocycles. The van der Waals surface area contributed by atoms with E-state index in [2.05, 4.69) is 20.8 Å². The Labute approximate surface area is 169 Å². The highest BCUT2D eigenvalue weighted by Gasteiger charge is 2.31. The molecule has 1 fully saturated rings. The smallest absolute Gasteiger partial charge is 0.407 e. The van der Waals surface area contributed by atoms with Crippen LogP contribution in [-0.4, -0.2) is 49.2 Å². The number of hydrogen-bond donors (Lipinski definition) is 3. The number of nitrogens with one attached hydrogen (secondary N) is 3. The lowest BCUT2D eigenvalue weighted by Gasteiger charge is -2.13. The second-order valence-corrected chi connectivity index (χ2v) is 9.69. The van der Waals surface area contributed by atoms with Gasteiger partial charge in [0.2, 0.25) is 0 Å². The van der Waals surface area contributed by atoms with Crippen LogP contribution in [0.15, 0.2) is 29.2 Å². The molecule has 1 amide bonds. The number of alkyl carbamates (subject to hydrolysis) is 1. The van der Waals surface area contributed by atoms with E-state index in [1.807, 2.05) is 26.0 Å². The summed E-state index contributed by atoms with van der Waals surface area (Å²) in [5, 5.41) is 13.1. The van der Waals surface area contributed by atoms with Gasteiger partial charge in [0.15, 0.2) is 15.7 Å². The van der Waals surface area contributed by atoms with E-state index in [9.17, 15) is 13.2 Å². The molecule has 10 heteroatoms. The fourth-order valence-electron chi connectivity index (χ4n) is 3.54. The summed E-state index contributed by atoms with van der Waals surface area (Å²) < 4.78 is 35.0. The Morgan fingerprint density at radius 1 is 1.34 bits per heavy atom. The van der Waals surface area contributed by atoms with Crippen LogP contribution >= 0.6 is 0 Å². The van der Waals surface area contributed by atoms with Crippen molar-refractivity contribution in [3.63, 3.8) is 0 Å². The minimum absolute atomic E-state index is 0.0150. The molecule has 156 valence electrons. The maximum absolute atomic E-state index is 11.9. The number of H-pyrrole nitrogens is 1. The van der Waals surface area contributed by atoms with Crippen LogP contribution in [0, 0.1) is 0 Å². The highest BCUT2D eigenvalue weighted by molar-refractivity contribution is 7.91. The number of hydrogen-bond acceptors (Lipinski definition) is 7. The average molecular weight is 420 g/mol. The Balaban J connectivity index is 1.37. The SMILES string of the molecule is CC(C)NC(=O)O[C@@H]1CO[C@H](c2cc(Nc3ccc4c(c3)CCS4(=O)=O)n[nH]2)C1. The summed E-state index contributed by atoms with van der Waals surface area (Å²) in [6, 6.07) is 7.07. The fourth-order valence-corrected chi connectivity index (χ4v) is 5.09. The number of sulfone groups is 1. The van der Waals surface area contributed by atoms with Crippen LogP contribution in [0.1, 0.15) is 37.6 Å². The number of aromatic nitrogens is 2. The maximum atomic E-state index is 11.9. The molecule has 1 aromatic heterocycles. The number of carbonyl (C=O) groups is 1. The molecule has 2 atom stereocenters. The Bertz CT molecular complexity index is 1020. The molecule has 0 aliphatic carbocycles. The van der Waals surface area contributed by atoms with E-state index < -0.39 is 15.9 Å². The van der Waals surface area contributed by atoms with Crippen LogP contribution in [0.25, 0.3) is 0 Å². The topological polar surface area (TPSA) is 122 Å². The van der Waals surface area contributed by atoms with Crippen molar-refractivity contribution in [2.75, 3.05) is 17.7 Å². The lowest BCUT2D eigenvalue weighted by Crippen LogP contribution is -2.33. The van der Waals surface area contributed by atoms with Crippen molar-refractivity contribution in [1.82, 2.24) is 15.5 Å². The highest BCUT2D eigenvalue weighted by Crippen LogP contribution is 2.32. The molecule has 1 aromatic carbocycles. The standard InChI is InChI=1S/C19H24N4O5S/c1-11(2)20-19(24)28-14-8-16(27-10-14)15-9-18(23-22-15)21-13-3-4-17-12(7-13)5-6-29(17,25)26/h3-4,7,9,11,14,16H,5-6,8,10H2,1-2H3,(H,20,24)(H2,21,22,23)/t14-,16-/m0/s1. The van der Waals surface area contributed by atoms with Crippen molar-refractivity contribution < 1.29 is 22.7 Å². The van der Waals surface area contributed by atoms with E-state index in [1.165, 1.54) is 0 Å². The minimum Gasteiger partial charge on any atom is -0.444 e. The van der Waals surface area contributed by atoms with Gasteiger partial charge >= 0.3 is 6.09 Å². The van der Waals surface area contributed by atoms with E-state index in [0.29, 0.717) is 30.2 Å². The summed E-state index contributed by atoms with van der Waals surface area (Å²) in [7, 11) is -3.13. The van der Waals surface area contributed by atoms with Gasteiger partial charge in [0, 0.05) is 24.2 Å². The van der Waals surface area contributed by atoms with Crippen molar-refractivity contribution in [2.45, 2.75) is 49.8 Å². The summed E-state index contributed by atoms with van der Waals surface area (Å²) in [4.78, 5) is 12.1. The molecule has 1 saturated heterocycles. The third-order valence-electron chi connectivity index (χ3n) is 4.89. The summed E-state index contributed by atoms with van der Waals surface area (Å²) in [5.41, 5.74) is 2.38. The molecule has 3 N–H and O–H groups in total. The molecular formula is C19H24N4O5S. The Morgan fingerprint density at radius 2 is 2.17 bits per heavy atom. The van der Waals surface area contributed by atoms with Gasteiger partial charge in [-0.2, -0.15) is 5.10 Å². The second kappa shape index (κ2) is 7.68. The molecule has 2 aliphatic rings. The van der Waals surface area contributed by atoms with E-state index in [-0.39, 0.29) is 24.0 Å². The van der Waals surface area contributed by atoms with Crippen LogP contribution in [-0.2, 0) is 25.7 Å². The van der Waals surface area contributed by atoms with Gasteiger partial charge in [-0.15, -0.1) is 0 Å². The van der Waals surface area contributed by atoms with Crippen molar-refractivity contribution >= 4 is 27.4 Å². The zero-order valence-electron chi connectivity index (χ0n) is 16.3. The van der Waals surface area contributed by atoms with Gasteiger partial charge in [0.05, 0.1) is 22.9 Å². The lowest BCUT2D eigenvalue weighted by atomic mass is 10.1. The van der Waals surface area contributed by atoms with Crippen molar-refractivity contribution in [3.8, 4) is 0 Å². The first-order valence-corrected chi connectivity index (χ1v) is 11.2. The number of ether oxygens (including phenoxy) is 2. The van der Waals surface area contributed by atoms with Crippen LogP contribution in [0.2, 0.25) is 0 Å². The van der Waals surface area contributed by atoms with Gasteiger partial charge in [0.1, 0.15) is 12.2 Å². The highest BCUT2D eigenvalue weighted by atomic mass is 32.2. The van der Waals surface area contributed by atoms with Gasteiger partial charge in [-0.1, -0.05) is 0 Å². The molecular weight excluding hydrogens is 396 g/mol. The van der Waals surface area contributed by atoms with Crippen molar-refractivity contribution in [3.05, 3.63) is 35.5 Å². The zero-order chi connectivity index (χ0) is 20.6. The predicted molar refractivity (Wildman–Crippen MR) is 106 cm³/mol. The number of aryl methyl sites for hydroxylation is 1. The number of aromatic amines is 1. The molecule has 0 radical (unpaired) electrons. The minimum atomic E-state index is -3.13. The monoisotopic (exact) mass is 420 g/mol. The summed E-state index contributed by atoms with van der Waals surface area (Å²) in [6.07, 6.45) is 0.0851. The largest absolute Gasteiger partial charge is 0.444 e. The molecule has 2 aliphatic heterocycles. The molecule has 4 rings (SSSR count). The van der Waals surface area contributed by atoms with Gasteiger partial charge in [0.25, 0.3) is 0 Å². The van der Waals surface area contributed by atoms with Crippen molar-refractivity contribution in [1.29, 1.82) is 0 Å². The molecule has 0 bridgehead atoms. The number of benzene rings is 1. The second-order valence-electron chi connectivity index (χ2n) is 7.61. The summed E-state index contributed by atoms with van der Waals surface area (Å²) in [5.74, 6) is 0.766. The van der Waals surface area contributed by atoms with Gasteiger partial charge < -0.3 is 20.1 Å². The van der Waals surface area contributed by atoms with Crippen LogP contribution in [0.5, 0.6) is 0 Å². The van der Waals surface area contributed by atoms with Crippen LogP contribution in [0.4, 0.5) is 16.3 Å². The first-order valence-electron chi connectivity index (χ1n) is 9.57. The number of rotatable bonds is 5. The fraction of sp³-hybridized carbons (Fsp3) is 0.474. The molecule has 3 heterocycles. The van der Waals surface area contributed by atoms with E-state index >= 15 is 0 Å². The van der Waals surface area contributed by atoms with Gasteiger partial charge in [-0.3, -0.25) is 5.10 Å². The third kappa shape index (κ3) is 4.38. The molecule has 0 unspecified atom stereocenters. The Kier molecular flexibility index (Phi) is 5.22. The predicted octanol–water partition coefficient (Wildman–Crippen LogP) is 2.45. The Morgan fingerprint density at radius 3 is 2.97 bits per heavy atom. The molecule has 2 aromatic rings. The van der Waals surface area contributed by atoms with E-state index in [4.69, 9.17) is 9.47 Å². The van der Waals surface area contributed by atoms with Gasteiger partial charge in [-0.25, -0.2) is 13.2 Å². The number of nitrogens with zero attached hydrogens (tertiary/aromatic N) is 1. The van der Waals surface area contributed by atoms with E-state index in [0.717, 1.165) is 16.9 Å². The first-order chi connectivity index (χ1) is 13.8. The zero-order valence-corrected chi connectivity index (χ0v) is 17.1. The number of anilines is 2. The summed E-state index contributed by atoms with van der Waals surface area (Å²) in [6.45, 7) is 4.07. The third-order valence-corrected chi connectivity index (χ3v) is 6.70. The Hall–Kier alpha value is -2.59. The molecule has 29 heavy (non-hydrogen) atoms. The van der Waals surface area contributed by atoms with Crippen LogP contribution < -0.4 is 10.6 Å². The maximum Gasteiger partial charge on any atom is 0.407 e. The van der Waals surface area contributed by atoms with Gasteiger partial charge in [-0.05, 0) is 44.0 Å². The molecule has 9 nitrogen and oxygen atoms in total. The van der Waals surface area contributed by atoms with Crippen LogP contribution in [0.3, 0.4) is 0 Å².